The van der Waals surface area contributed by atoms with Crippen molar-refractivity contribution in [1.29, 1.82) is 0 Å². The quantitative estimate of drug-likeness (QED) is 0.856. The van der Waals surface area contributed by atoms with E-state index in [0.717, 1.165) is 28.7 Å². The van der Waals surface area contributed by atoms with Crippen LogP contribution in [0.5, 0.6) is 0 Å². The summed E-state index contributed by atoms with van der Waals surface area (Å²) in [5.74, 6) is 0.303. The molecule has 0 aromatic carbocycles. The summed E-state index contributed by atoms with van der Waals surface area (Å²) in [6.07, 6.45) is 2.35. The van der Waals surface area contributed by atoms with Crippen molar-refractivity contribution in [3.63, 3.8) is 0 Å². The summed E-state index contributed by atoms with van der Waals surface area (Å²) in [5.41, 5.74) is 1.98. The first-order valence-electron chi connectivity index (χ1n) is 6.37. The van der Waals surface area contributed by atoms with Gasteiger partial charge in [0.2, 0.25) is 0 Å². The van der Waals surface area contributed by atoms with E-state index in [1.165, 1.54) is 0 Å². The molecule has 1 aliphatic rings. The molecule has 4 nitrogen and oxygen atoms in total. The summed E-state index contributed by atoms with van der Waals surface area (Å²) in [6, 6.07) is 0. The summed E-state index contributed by atoms with van der Waals surface area (Å²) in [5, 5.41) is 4.41. The van der Waals surface area contributed by atoms with Crippen LogP contribution in [0.3, 0.4) is 0 Å². The number of ether oxygens (including phenoxy) is 1. The van der Waals surface area contributed by atoms with Crippen molar-refractivity contribution in [3.05, 3.63) is 15.9 Å². The van der Waals surface area contributed by atoms with Crippen LogP contribution in [-0.2, 0) is 29.4 Å². The van der Waals surface area contributed by atoms with Gasteiger partial charge in [0.05, 0.1) is 28.6 Å². The monoisotopic (exact) mass is 314 g/mol. The number of rotatable bonds is 4. The molecule has 1 aromatic heterocycles. The molecule has 0 amide bonds. The van der Waals surface area contributed by atoms with E-state index in [1.807, 2.05) is 14.0 Å². The molecular weight excluding hydrogens is 296 g/mol. The van der Waals surface area contributed by atoms with Gasteiger partial charge < -0.3 is 4.74 Å². The molecule has 2 rings (SSSR count). The normalized spacial score (nSPS) is 23.6. The van der Waals surface area contributed by atoms with Crippen molar-refractivity contribution < 1.29 is 9.53 Å². The lowest BCUT2D eigenvalue weighted by atomic mass is 9.97. The predicted molar refractivity (Wildman–Crippen MR) is 72.5 cm³/mol. The first-order valence-corrected chi connectivity index (χ1v) is 7.16. The Morgan fingerprint density at radius 3 is 2.83 bits per heavy atom. The summed E-state index contributed by atoms with van der Waals surface area (Å²) in [4.78, 5) is 12.2. The number of halogens is 1. The Labute approximate surface area is 116 Å². The van der Waals surface area contributed by atoms with Gasteiger partial charge in [0.25, 0.3) is 0 Å². The molecule has 0 N–H and O–H groups in total. The molecule has 0 aliphatic carbocycles. The average molecular weight is 315 g/mol. The van der Waals surface area contributed by atoms with Gasteiger partial charge in [-0.05, 0) is 35.7 Å². The van der Waals surface area contributed by atoms with Crippen LogP contribution in [0.2, 0.25) is 0 Å². The Hall–Kier alpha value is -0.680. The van der Waals surface area contributed by atoms with Crippen LogP contribution in [0, 0.1) is 5.92 Å². The summed E-state index contributed by atoms with van der Waals surface area (Å²) in [7, 11) is 1.89. The third kappa shape index (κ3) is 2.67. The molecule has 0 saturated carbocycles. The maximum Gasteiger partial charge on any atom is 0.144 e. The van der Waals surface area contributed by atoms with Gasteiger partial charge >= 0.3 is 0 Å². The van der Waals surface area contributed by atoms with Gasteiger partial charge in [-0.25, -0.2) is 0 Å². The van der Waals surface area contributed by atoms with Gasteiger partial charge in [0.15, 0.2) is 0 Å². The fourth-order valence-corrected chi connectivity index (χ4v) is 3.12. The molecular formula is C13H19BrN2O2. The Kier molecular flexibility index (Phi) is 4.22. The van der Waals surface area contributed by atoms with Gasteiger partial charge in [0, 0.05) is 19.4 Å². The highest BCUT2D eigenvalue weighted by Crippen LogP contribution is 2.26. The lowest BCUT2D eigenvalue weighted by Crippen LogP contribution is -2.18. The number of aromatic nitrogens is 2. The standard InChI is InChI=1S/C13H19BrN2O2/c1-4-10-13(14)11(16(3)15-10)6-12(17)9-5-8(2)18-7-9/h8-9H,4-7H2,1-3H3. The molecule has 1 aromatic rings. The number of ketones is 1. The molecule has 100 valence electrons. The van der Waals surface area contributed by atoms with E-state index >= 15 is 0 Å². The van der Waals surface area contributed by atoms with Crippen LogP contribution in [0.1, 0.15) is 31.7 Å². The van der Waals surface area contributed by atoms with Crippen molar-refractivity contribution in [2.24, 2.45) is 13.0 Å². The summed E-state index contributed by atoms with van der Waals surface area (Å²) < 4.78 is 8.24. The lowest BCUT2D eigenvalue weighted by molar-refractivity contribution is -0.122. The van der Waals surface area contributed by atoms with Crippen LogP contribution in [0.15, 0.2) is 4.47 Å². The number of carbonyl (C=O) groups excluding carboxylic acids is 1. The largest absolute Gasteiger partial charge is 0.378 e. The Balaban J connectivity index is 2.09. The highest BCUT2D eigenvalue weighted by atomic mass is 79.9. The van der Waals surface area contributed by atoms with Crippen molar-refractivity contribution in [3.8, 4) is 0 Å². The van der Waals surface area contributed by atoms with Crippen LogP contribution < -0.4 is 0 Å². The van der Waals surface area contributed by atoms with Crippen LogP contribution >= 0.6 is 15.9 Å². The second-order valence-electron chi connectivity index (χ2n) is 4.90. The maximum atomic E-state index is 12.2. The number of hydrogen-bond acceptors (Lipinski definition) is 3. The fraction of sp³-hybridized carbons (Fsp3) is 0.692. The zero-order valence-electron chi connectivity index (χ0n) is 11.1. The predicted octanol–water partition coefficient (Wildman–Crippen LogP) is 2.28. The van der Waals surface area contributed by atoms with Gasteiger partial charge in [-0.2, -0.15) is 5.10 Å². The zero-order chi connectivity index (χ0) is 13.3. The zero-order valence-corrected chi connectivity index (χ0v) is 12.7. The second-order valence-corrected chi connectivity index (χ2v) is 5.70. The molecule has 1 saturated heterocycles. The minimum Gasteiger partial charge on any atom is -0.378 e. The number of aryl methyl sites for hydroxylation is 2. The summed E-state index contributed by atoms with van der Waals surface area (Å²) in [6.45, 7) is 4.64. The molecule has 2 unspecified atom stereocenters. The van der Waals surface area contributed by atoms with E-state index in [2.05, 4.69) is 28.0 Å². The molecule has 2 atom stereocenters. The van der Waals surface area contributed by atoms with Crippen molar-refractivity contribution in [1.82, 2.24) is 9.78 Å². The van der Waals surface area contributed by atoms with Gasteiger partial charge in [-0.15, -0.1) is 0 Å². The van der Waals surface area contributed by atoms with E-state index in [9.17, 15) is 4.79 Å². The van der Waals surface area contributed by atoms with E-state index < -0.39 is 0 Å². The molecule has 5 heteroatoms. The third-order valence-corrected chi connectivity index (χ3v) is 4.41. The number of Topliss-reactive ketones (excluding diaryl/α,β-unsaturated/α-hetero) is 1. The van der Waals surface area contributed by atoms with E-state index in [4.69, 9.17) is 4.74 Å². The van der Waals surface area contributed by atoms with Gasteiger partial charge in [-0.3, -0.25) is 9.48 Å². The molecule has 0 bridgehead atoms. The smallest absolute Gasteiger partial charge is 0.144 e. The van der Waals surface area contributed by atoms with Crippen molar-refractivity contribution >= 4 is 21.7 Å². The summed E-state index contributed by atoms with van der Waals surface area (Å²) >= 11 is 3.54. The van der Waals surface area contributed by atoms with E-state index in [-0.39, 0.29) is 17.8 Å². The second kappa shape index (κ2) is 5.53. The first kappa shape index (κ1) is 13.7. The fourth-order valence-electron chi connectivity index (χ4n) is 2.36. The highest BCUT2D eigenvalue weighted by molar-refractivity contribution is 9.10. The topological polar surface area (TPSA) is 44.1 Å². The molecule has 1 aliphatic heterocycles. The highest BCUT2D eigenvalue weighted by Gasteiger charge is 2.29. The molecule has 0 spiro atoms. The maximum absolute atomic E-state index is 12.2. The van der Waals surface area contributed by atoms with Crippen LogP contribution in [-0.4, -0.2) is 28.3 Å². The average Bonchev–Trinajstić information content (AvgIpc) is 2.87. The molecule has 18 heavy (non-hydrogen) atoms. The lowest BCUT2D eigenvalue weighted by Gasteiger charge is -2.07. The SMILES string of the molecule is CCc1nn(C)c(CC(=O)C2COC(C)C2)c1Br. The third-order valence-electron chi connectivity index (χ3n) is 3.50. The number of carbonyl (C=O) groups is 1. The molecule has 1 fully saturated rings. The van der Waals surface area contributed by atoms with Gasteiger partial charge in [0.1, 0.15) is 5.78 Å². The molecule has 2 heterocycles. The first-order chi connectivity index (χ1) is 8.52. The Morgan fingerprint density at radius 2 is 2.33 bits per heavy atom. The number of hydrogen-bond donors (Lipinski definition) is 0. The Morgan fingerprint density at radius 1 is 1.61 bits per heavy atom. The Bertz CT molecular complexity index is 456. The van der Waals surface area contributed by atoms with Crippen molar-refractivity contribution in [2.45, 2.75) is 39.2 Å². The molecule has 0 radical (unpaired) electrons. The van der Waals surface area contributed by atoms with E-state index in [0.29, 0.717) is 13.0 Å². The van der Waals surface area contributed by atoms with Crippen molar-refractivity contribution in [2.75, 3.05) is 6.61 Å². The minimum atomic E-state index is 0.0480. The van der Waals surface area contributed by atoms with Gasteiger partial charge in [-0.1, -0.05) is 6.92 Å². The minimum absolute atomic E-state index is 0.0480. The number of nitrogens with zero attached hydrogens (tertiary/aromatic N) is 2. The van der Waals surface area contributed by atoms with Crippen LogP contribution in [0.25, 0.3) is 0 Å². The van der Waals surface area contributed by atoms with E-state index in [1.54, 1.807) is 4.68 Å². The van der Waals surface area contributed by atoms with Crippen LogP contribution in [0.4, 0.5) is 0 Å².